The minimum absolute atomic E-state index is 1.19. The van der Waals surface area contributed by atoms with Crippen molar-refractivity contribution in [2.45, 2.75) is 4.90 Å². The second-order valence-electron chi connectivity index (χ2n) is 1.29. The van der Waals surface area contributed by atoms with E-state index in [9.17, 15) is 0 Å². The first-order valence-corrected chi connectivity index (χ1v) is 4.40. The van der Waals surface area contributed by atoms with Gasteiger partial charge in [-0.15, -0.1) is 11.8 Å². The number of thioether (sulfide) groups is 1. The Morgan fingerprint density at radius 2 is 2.38 bits per heavy atom. The van der Waals surface area contributed by atoms with Gasteiger partial charge in [0.05, 0.1) is 8.47 Å². The average molecular weight is 240 g/mol. The van der Waals surface area contributed by atoms with E-state index in [2.05, 4.69) is 22.6 Å². The van der Waals surface area contributed by atoms with Gasteiger partial charge in [0.15, 0.2) is 0 Å². The minimum atomic E-state index is 1.19. The van der Waals surface area contributed by atoms with Gasteiger partial charge in [-0.25, -0.2) is 0 Å². The number of hydrogen-bond acceptors (Lipinski definition) is 2. The first kappa shape index (κ1) is 6.48. The summed E-state index contributed by atoms with van der Waals surface area (Å²) < 4.78 is 6.10. The summed E-state index contributed by atoms with van der Waals surface area (Å²) in [6.45, 7) is 0. The third-order valence-corrected chi connectivity index (χ3v) is 2.76. The van der Waals surface area contributed by atoms with Crippen molar-refractivity contribution in [2.75, 3.05) is 6.26 Å². The highest BCUT2D eigenvalue weighted by atomic mass is 127. The third kappa shape index (κ3) is 1.20. The molecule has 0 radical (unpaired) electrons. The highest BCUT2D eigenvalue weighted by molar-refractivity contribution is 14.1. The summed E-state index contributed by atoms with van der Waals surface area (Å²) in [7, 11) is 0. The van der Waals surface area contributed by atoms with Crippen LogP contribution in [0.3, 0.4) is 0 Å². The largest absolute Gasteiger partial charge is 0.470 e. The first-order valence-electron chi connectivity index (χ1n) is 2.10. The molecule has 0 unspecified atom stereocenters. The first-order chi connectivity index (χ1) is 3.84. The molecule has 0 aromatic carbocycles. The van der Waals surface area contributed by atoms with Crippen LogP contribution in [-0.2, 0) is 0 Å². The van der Waals surface area contributed by atoms with Crippen molar-refractivity contribution in [2.24, 2.45) is 0 Å². The van der Waals surface area contributed by atoms with Crippen LogP contribution in [0.4, 0.5) is 0 Å². The molecule has 1 rings (SSSR count). The smallest absolute Gasteiger partial charge is 0.105 e. The Balaban J connectivity index is 2.92. The summed E-state index contributed by atoms with van der Waals surface area (Å²) in [4.78, 5) is 1.21. The quantitative estimate of drug-likeness (QED) is 0.552. The van der Waals surface area contributed by atoms with Crippen molar-refractivity contribution in [1.82, 2.24) is 0 Å². The number of hydrogen-bond donors (Lipinski definition) is 0. The molecule has 3 heteroatoms. The molecule has 1 aromatic rings. The fraction of sp³-hybridized carbons (Fsp3) is 0.200. The van der Waals surface area contributed by atoms with Crippen molar-refractivity contribution >= 4 is 34.4 Å². The topological polar surface area (TPSA) is 13.1 Å². The lowest BCUT2D eigenvalue weighted by atomic mass is 10.7. The van der Waals surface area contributed by atoms with Gasteiger partial charge in [0.2, 0.25) is 0 Å². The Kier molecular flexibility index (Phi) is 2.25. The normalized spacial score (nSPS) is 9.75. The van der Waals surface area contributed by atoms with Crippen molar-refractivity contribution < 1.29 is 4.42 Å². The number of rotatable bonds is 1. The molecule has 1 aromatic heterocycles. The summed E-state index contributed by atoms with van der Waals surface area (Å²) >= 11 is 3.94. The molecule has 44 valence electrons. The maximum Gasteiger partial charge on any atom is 0.105 e. The van der Waals surface area contributed by atoms with Gasteiger partial charge in [0, 0.05) is 0 Å². The second kappa shape index (κ2) is 2.77. The minimum Gasteiger partial charge on any atom is -0.470 e. The molecule has 0 aliphatic carbocycles. The molecule has 1 heterocycles. The van der Waals surface area contributed by atoms with Crippen LogP contribution in [0, 0.1) is 3.57 Å². The summed E-state index contributed by atoms with van der Waals surface area (Å²) in [5.74, 6) is 0. The van der Waals surface area contributed by atoms with E-state index < -0.39 is 0 Å². The van der Waals surface area contributed by atoms with E-state index in [1.165, 1.54) is 8.47 Å². The summed E-state index contributed by atoms with van der Waals surface area (Å²) in [5, 5.41) is 0. The molecule has 0 fully saturated rings. The Morgan fingerprint density at radius 3 is 2.62 bits per heavy atom. The van der Waals surface area contributed by atoms with E-state index in [0.29, 0.717) is 0 Å². The van der Waals surface area contributed by atoms with Gasteiger partial charge in [0.25, 0.3) is 0 Å². The Morgan fingerprint density at radius 1 is 1.62 bits per heavy atom. The molecule has 8 heavy (non-hydrogen) atoms. The molecule has 0 saturated carbocycles. The molecule has 0 bridgehead atoms. The zero-order valence-corrected chi connectivity index (χ0v) is 7.32. The van der Waals surface area contributed by atoms with Crippen LogP contribution in [0.2, 0.25) is 0 Å². The van der Waals surface area contributed by atoms with E-state index in [1.807, 2.05) is 6.26 Å². The zero-order valence-electron chi connectivity index (χ0n) is 4.35. The van der Waals surface area contributed by atoms with Crippen LogP contribution in [0.1, 0.15) is 0 Å². The van der Waals surface area contributed by atoms with E-state index in [-0.39, 0.29) is 0 Å². The van der Waals surface area contributed by atoms with Crippen LogP contribution >= 0.6 is 34.4 Å². The fourth-order valence-corrected chi connectivity index (χ4v) is 1.74. The number of furan rings is 1. The molecule has 0 saturated heterocycles. The van der Waals surface area contributed by atoms with Crippen molar-refractivity contribution in [3.8, 4) is 0 Å². The maximum atomic E-state index is 4.91. The van der Waals surface area contributed by atoms with E-state index in [1.54, 1.807) is 24.3 Å². The highest BCUT2D eigenvalue weighted by Crippen LogP contribution is 2.22. The molecule has 0 amide bonds. The van der Waals surface area contributed by atoms with Crippen molar-refractivity contribution in [1.29, 1.82) is 0 Å². The monoisotopic (exact) mass is 240 g/mol. The van der Waals surface area contributed by atoms with E-state index in [4.69, 9.17) is 4.42 Å². The lowest BCUT2D eigenvalue weighted by Crippen LogP contribution is -1.62. The molecule has 0 spiro atoms. The Hall–Kier alpha value is 0.360. The predicted octanol–water partition coefficient (Wildman–Crippen LogP) is 2.61. The van der Waals surface area contributed by atoms with Crippen LogP contribution < -0.4 is 0 Å². The van der Waals surface area contributed by atoms with E-state index >= 15 is 0 Å². The molecule has 0 atom stereocenters. The average Bonchev–Trinajstić information content (AvgIpc) is 2.14. The zero-order chi connectivity index (χ0) is 5.98. The lowest BCUT2D eigenvalue weighted by Gasteiger charge is -1.83. The summed E-state index contributed by atoms with van der Waals surface area (Å²) in [5.41, 5.74) is 0. The maximum absolute atomic E-state index is 4.91. The SMILES string of the molecule is CSc1cocc1I. The molecular weight excluding hydrogens is 235 g/mol. The van der Waals surface area contributed by atoms with Gasteiger partial charge in [-0.2, -0.15) is 0 Å². The Bertz CT molecular complexity index is 173. The van der Waals surface area contributed by atoms with Crippen molar-refractivity contribution in [3.63, 3.8) is 0 Å². The molecule has 0 N–H and O–H groups in total. The standard InChI is InChI=1S/C5H5IOS/c1-8-5-3-7-2-4(5)6/h2-3H,1H3. The van der Waals surface area contributed by atoms with E-state index in [0.717, 1.165) is 0 Å². The summed E-state index contributed by atoms with van der Waals surface area (Å²) in [6, 6.07) is 0. The van der Waals surface area contributed by atoms with Crippen LogP contribution in [0.5, 0.6) is 0 Å². The van der Waals surface area contributed by atoms with Gasteiger partial charge in [-0.1, -0.05) is 0 Å². The second-order valence-corrected chi connectivity index (χ2v) is 3.30. The van der Waals surface area contributed by atoms with Crippen molar-refractivity contribution in [3.05, 3.63) is 16.1 Å². The Labute approximate surface area is 66.0 Å². The van der Waals surface area contributed by atoms with Crippen LogP contribution in [0.25, 0.3) is 0 Å². The van der Waals surface area contributed by atoms with Gasteiger partial charge >= 0.3 is 0 Å². The third-order valence-electron chi connectivity index (χ3n) is 0.802. The molecule has 0 aliphatic heterocycles. The van der Waals surface area contributed by atoms with Gasteiger partial charge in [-0.3, -0.25) is 0 Å². The fourth-order valence-electron chi connectivity index (χ4n) is 0.416. The van der Waals surface area contributed by atoms with Gasteiger partial charge in [-0.05, 0) is 28.8 Å². The van der Waals surface area contributed by atoms with Gasteiger partial charge in [0.1, 0.15) is 12.5 Å². The summed E-state index contributed by atoms with van der Waals surface area (Å²) in [6.07, 6.45) is 5.53. The lowest BCUT2D eigenvalue weighted by molar-refractivity contribution is 0.561. The van der Waals surface area contributed by atoms with Crippen LogP contribution in [-0.4, -0.2) is 6.26 Å². The number of halogens is 1. The van der Waals surface area contributed by atoms with Gasteiger partial charge < -0.3 is 4.42 Å². The molecule has 0 aliphatic rings. The molecule has 1 nitrogen and oxygen atoms in total. The molecular formula is C5H5IOS. The highest BCUT2D eigenvalue weighted by Gasteiger charge is 1.96. The van der Waals surface area contributed by atoms with Crippen LogP contribution in [0.15, 0.2) is 21.8 Å². The predicted molar refractivity (Wildman–Crippen MR) is 43.2 cm³/mol.